The Hall–Kier alpha value is -1.77. The highest BCUT2D eigenvalue weighted by Gasteiger charge is 2.31. The smallest absolute Gasteiger partial charge is 0.324 e. The van der Waals surface area contributed by atoms with E-state index in [2.05, 4.69) is 5.32 Å². The number of amides is 2. The highest BCUT2D eigenvalue weighted by molar-refractivity contribution is 7.90. The Kier molecular flexibility index (Phi) is 5.42. The van der Waals surface area contributed by atoms with Crippen LogP contribution in [0.25, 0.3) is 0 Å². The Labute approximate surface area is 138 Å². The van der Waals surface area contributed by atoms with Gasteiger partial charge in [0.1, 0.15) is 9.84 Å². The Morgan fingerprint density at radius 1 is 1.38 bits per heavy atom. The molecule has 0 radical (unpaired) electrons. The molecule has 24 heavy (non-hydrogen) atoms. The maximum absolute atomic E-state index is 12.7. The molecule has 1 aliphatic rings. The van der Waals surface area contributed by atoms with Crippen molar-refractivity contribution in [3.8, 4) is 0 Å². The van der Waals surface area contributed by atoms with Crippen LogP contribution in [0, 0.1) is 5.92 Å². The van der Waals surface area contributed by atoms with Crippen LogP contribution in [0.3, 0.4) is 0 Å². The summed E-state index contributed by atoms with van der Waals surface area (Å²) in [6.45, 7) is 0.725. The summed E-state index contributed by atoms with van der Waals surface area (Å²) in [6, 6.07) is 3.88. The number of anilines is 1. The topological polar surface area (TPSA) is 66.5 Å². The monoisotopic (exact) mass is 364 g/mol. The van der Waals surface area contributed by atoms with Crippen LogP contribution in [0.4, 0.5) is 23.7 Å². The number of carbonyl (C=O) groups excluding carboxylic acids is 1. The molecule has 9 heteroatoms. The molecule has 1 heterocycles. The lowest BCUT2D eigenvalue weighted by Crippen LogP contribution is -2.43. The van der Waals surface area contributed by atoms with E-state index < -0.39 is 27.6 Å². The summed E-state index contributed by atoms with van der Waals surface area (Å²) in [5.74, 6) is -0.152. The molecule has 2 amide bonds. The van der Waals surface area contributed by atoms with Gasteiger partial charge < -0.3 is 10.2 Å². The molecular weight excluding hydrogens is 345 g/mol. The molecular formula is C15H19F3N2O3S. The summed E-state index contributed by atoms with van der Waals surface area (Å²) in [6.07, 6.45) is -1.96. The zero-order chi connectivity index (χ0) is 18.0. The van der Waals surface area contributed by atoms with Crippen LogP contribution in [0.15, 0.2) is 24.3 Å². The average Bonchev–Trinajstić information content (AvgIpc) is 2.45. The SMILES string of the molecule is CS(=O)(=O)C[C@H]1CCCN(C(=O)Nc2cccc(C(F)(F)F)c2)C1. The number of piperidine rings is 1. The van der Waals surface area contributed by atoms with E-state index >= 15 is 0 Å². The normalized spacial score (nSPS) is 19.2. The lowest BCUT2D eigenvalue weighted by Gasteiger charge is -2.32. The number of benzene rings is 1. The van der Waals surface area contributed by atoms with E-state index in [-0.39, 0.29) is 23.9 Å². The molecule has 1 N–H and O–H groups in total. The minimum absolute atomic E-state index is 0.000336. The Bertz CT molecular complexity index is 704. The van der Waals surface area contributed by atoms with Crippen molar-refractivity contribution in [2.24, 2.45) is 5.92 Å². The molecule has 0 spiro atoms. The number of hydrogen-bond acceptors (Lipinski definition) is 3. The molecule has 0 unspecified atom stereocenters. The first-order valence-electron chi connectivity index (χ1n) is 7.45. The fourth-order valence-electron chi connectivity index (χ4n) is 2.79. The largest absolute Gasteiger partial charge is 0.416 e. The van der Waals surface area contributed by atoms with E-state index in [0.29, 0.717) is 19.4 Å². The fraction of sp³-hybridized carbons (Fsp3) is 0.533. The zero-order valence-electron chi connectivity index (χ0n) is 13.1. The van der Waals surface area contributed by atoms with Crippen LogP contribution in [-0.4, -0.2) is 44.4 Å². The maximum atomic E-state index is 12.7. The number of urea groups is 1. The highest BCUT2D eigenvalue weighted by Crippen LogP contribution is 2.30. The lowest BCUT2D eigenvalue weighted by atomic mass is 10.0. The van der Waals surface area contributed by atoms with Crippen molar-refractivity contribution >= 4 is 21.6 Å². The fourth-order valence-corrected chi connectivity index (χ4v) is 3.92. The molecule has 0 aliphatic carbocycles. The number of hydrogen-bond donors (Lipinski definition) is 1. The van der Waals surface area contributed by atoms with Crippen molar-refractivity contribution in [3.05, 3.63) is 29.8 Å². The van der Waals surface area contributed by atoms with E-state index in [0.717, 1.165) is 18.4 Å². The standard InChI is InChI=1S/C15H19F3N2O3S/c1-24(22,23)10-11-4-3-7-20(9-11)14(21)19-13-6-2-5-12(8-13)15(16,17)18/h2,5-6,8,11H,3-4,7,9-10H2,1H3,(H,19,21)/t11-/m0/s1. The number of rotatable bonds is 3. The van der Waals surface area contributed by atoms with E-state index in [1.54, 1.807) is 0 Å². The number of likely N-dealkylation sites (tertiary alicyclic amines) is 1. The number of sulfone groups is 1. The number of halogens is 3. The van der Waals surface area contributed by atoms with Crippen LogP contribution >= 0.6 is 0 Å². The van der Waals surface area contributed by atoms with Gasteiger partial charge in [0.05, 0.1) is 11.3 Å². The van der Waals surface area contributed by atoms with Crippen LogP contribution < -0.4 is 5.32 Å². The molecule has 0 bridgehead atoms. The molecule has 1 aromatic rings. The van der Waals surface area contributed by atoms with Gasteiger partial charge in [-0.2, -0.15) is 13.2 Å². The molecule has 1 aromatic carbocycles. The van der Waals surface area contributed by atoms with Crippen LogP contribution in [0.2, 0.25) is 0 Å². The van der Waals surface area contributed by atoms with Crippen molar-refractivity contribution in [2.45, 2.75) is 19.0 Å². The third-order valence-corrected chi connectivity index (χ3v) is 4.86. The van der Waals surface area contributed by atoms with Crippen LogP contribution in [0.5, 0.6) is 0 Å². The summed E-state index contributed by atoms with van der Waals surface area (Å²) in [5.41, 5.74) is -0.783. The number of carbonyl (C=O) groups is 1. The maximum Gasteiger partial charge on any atom is 0.416 e. The highest BCUT2D eigenvalue weighted by atomic mass is 32.2. The minimum atomic E-state index is -4.48. The average molecular weight is 364 g/mol. The second kappa shape index (κ2) is 7.00. The molecule has 0 saturated carbocycles. The van der Waals surface area contributed by atoms with E-state index in [1.165, 1.54) is 17.0 Å². The molecule has 134 valence electrons. The first-order chi connectivity index (χ1) is 11.0. The van der Waals surface area contributed by atoms with Crippen molar-refractivity contribution in [1.29, 1.82) is 0 Å². The second-order valence-corrected chi connectivity index (χ2v) is 8.24. The van der Waals surface area contributed by atoms with Gasteiger partial charge in [-0.1, -0.05) is 6.07 Å². The van der Waals surface area contributed by atoms with Crippen molar-refractivity contribution in [3.63, 3.8) is 0 Å². The van der Waals surface area contributed by atoms with Gasteiger partial charge in [0.15, 0.2) is 0 Å². The summed E-state index contributed by atoms with van der Waals surface area (Å²) >= 11 is 0. The van der Waals surface area contributed by atoms with Gasteiger partial charge in [0.2, 0.25) is 0 Å². The quantitative estimate of drug-likeness (QED) is 0.897. The third-order valence-electron chi connectivity index (χ3n) is 3.79. The Morgan fingerprint density at radius 2 is 2.08 bits per heavy atom. The van der Waals surface area contributed by atoms with E-state index in [1.807, 2.05) is 0 Å². The minimum Gasteiger partial charge on any atom is -0.324 e. The van der Waals surface area contributed by atoms with Gasteiger partial charge in [0, 0.05) is 25.0 Å². The molecule has 1 atom stereocenters. The Balaban J connectivity index is 2.02. The van der Waals surface area contributed by atoms with Crippen molar-refractivity contribution < 1.29 is 26.4 Å². The van der Waals surface area contributed by atoms with Gasteiger partial charge in [-0.3, -0.25) is 0 Å². The number of nitrogens with zero attached hydrogens (tertiary/aromatic N) is 1. The van der Waals surface area contributed by atoms with Gasteiger partial charge in [-0.15, -0.1) is 0 Å². The van der Waals surface area contributed by atoms with Gasteiger partial charge >= 0.3 is 12.2 Å². The van der Waals surface area contributed by atoms with Gasteiger partial charge in [0.25, 0.3) is 0 Å². The van der Waals surface area contributed by atoms with Crippen molar-refractivity contribution in [2.75, 3.05) is 30.4 Å². The van der Waals surface area contributed by atoms with Crippen LogP contribution in [0.1, 0.15) is 18.4 Å². The molecule has 0 aromatic heterocycles. The summed E-state index contributed by atoms with van der Waals surface area (Å²) in [5, 5.41) is 2.45. The van der Waals surface area contributed by atoms with Crippen molar-refractivity contribution in [1.82, 2.24) is 4.90 Å². The van der Waals surface area contributed by atoms with E-state index in [4.69, 9.17) is 0 Å². The summed E-state index contributed by atoms with van der Waals surface area (Å²) in [4.78, 5) is 13.7. The lowest BCUT2D eigenvalue weighted by molar-refractivity contribution is -0.137. The second-order valence-electron chi connectivity index (χ2n) is 6.06. The predicted octanol–water partition coefficient (Wildman–Crippen LogP) is 2.99. The van der Waals surface area contributed by atoms with E-state index in [9.17, 15) is 26.4 Å². The van der Waals surface area contributed by atoms with Gasteiger partial charge in [-0.25, -0.2) is 13.2 Å². The molecule has 2 rings (SSSR count). The number of alkyl halides is 3. The summed E-state index contributed by atoms with van der Waals surface area (Å²) < 4.78 is 60.8. The first kappa shape index (κ1) is 18.6. The first-order valence-corrected chi connectivity index (χ1v) is 9.51. The predicted molar refractivity (Wildman–Crippen MR) is 84.5 cm³/mol. The summed E-state index contributed by atoms with van der Waals surface area (Å²) in [7, 11) is -3.14. The molecule has 5 nitrogen and oxygen atoms in total. The van der Waals surface area contributed by atoms with Crippen LogP contribution in [-0.2, 0) is 16.0 Å². The molecule has 1 saturated heterocycles. The molecule has 1 fully saturated rings. The third kappa shape index (κ3) is 5.40. The zero-order valence-corrected chi connectivity index (χ0v) is 14.0. The number of nitrogens with one attached hydrogen (secondary N) is 1. The Morgan fingerprint density at radius 3 is 2.71 bits per heavy atom. The van der Waals surface area contributed by atoms with Gasteiger partial charge in [-0.05, 0) is 37.0 Å². The molecule has 1 aliphatic heterocycles.